The van der Waals surface area contributed by atoms with Gasteiger partial charge in [-0.05, 0) is 20.3 Å². The minimum atomic E-state index is -0.287. The van der Waals surface area contributed by atoms with Gasteiger partial charge in [0.05, 0.1) is 6.04 Å². The van der Waals surface area contributed by atoms with Gasteiger partial charge in [-0.15, -0.1) is 0 Å². The topological polar surface area (TPSA) is 86.2 Å². The molecule has 0 radical (unpaired) electrons. The van der Waals surface area contributed by atoms with E-state index in [1.165, 1.54) is 6.92 Å². The Morgan fingerprint density at radius 2 is 1.60 bits per heavy atom. The lowest BCUT2D eigenvalue weighted by Crippen LogP contribution is -2.23. The van der Waals surface area contributed by atoms with Gasteiger partial charge in [-0.3, -0.25) is 9.59 Å². The molecular formula is C11H26N2O2. The van der Waals surface area contributed by atoms with Gasteiger partial charge in [-0.25, -0.2) is 0 Å². The third kappa shape index (κ3) is 32.0. The number of hydrogen-bond donors (Lipinski definition) is 2. The minimum absolute atomic E-state index is 0.0370. The Balaban J connectivity index is -0.000000166. The van der Waals surface area contributed by atoms with Gasteiger partial charge >= 0.3 is 0 Å². The van der Waals surface area contributed by atoms with Crippen molar-refractivity contribution in [1.29, 1.82) is 0 Å². The molecule has 0 aromatic rings. The van der Waals surface area contributed by atoms with Gasteiger partial charge in [0, 0.05) is 6.42 Å². The van der Waals surface area contributed by atoms with Crippen molar-refractivity contribution in [2.24, 2.45) is 11.5 Å². The maximum Gasteiger partial charge on any atom is 0.217 e. The van der Waals surface area contributed by atoms with Crippen LogP contribution < -0.4 is 11.5 Å². The van der Waals surface area contributed by atoms with Crippen LogP contribution in [0.4, 0.5) is 0 Å². The molecule has 0 bridgehead atoms. The van der Waals surface area contributed by atoms with Crippen molar-refractivity contribution >= 4 is 11.7 Å². The van der Waals surface area contributed by atoms with E-state index in [1.807, 2.05) is 20.8 Å². The quantitative estimate of drug-likeness (QED) is 0.751. The molecule has 0 fully saturated rings. The molecule has 0 aliphatic carbocycles. The molecule has 4 heteroatoms. The number of rotatable bonds is 4. The van der Waals surface area contributed by atoms with Crippen LogP contribution in [0.1, 0.15) is 53.9 Å². The number of carbonyl (C=O) groups excluding carboxylic acids is 2. The molecule has 0 aromatic carbocycles. The predicted octanol–water partition coefficient (Wildman–Crippen LogP) is 1.61. The largest absolute Gasteiger partial charge is 0.370 e. The number of primary amides is 1. The van der Waals surface area contributed by atoms with Crippen LogP contribution in [-0.4, -0.2) is 17.7 Å². The molecule has 0 aromatic heterocycles. The Labute approximate surface area is 93.4 Å². The summed E-state index contributed by atoms with van der Waals surface area (Å²) in [6.07, 6.45) is 2.51. The standard InChI is InChI=1S/C5H11NO.C4H9NO.C2H6/c1-2-3-4-5(6)7;1-3(5)4(2)6;1-2/h2-4H2,1H3,(H2,6,7);3H,5H2,1-2H3;1-2H3/t;3-;/m.0./s1. The van der Waals surface area contributed by atoms with Crippen molar-refractivity contribution in [2.75, 3.05) is 0 Å². The highest BCUT2D eigenvalue weighted by molar-refractivity contribution is 5.80. The molecule has 1 atom stereocenters. The van der Waals surface area contributed by atoms with E-state index in [4.69, 9.17) is 11.5 Å². The second-order valence-corrected chi connectivity index (χ2v) is 2.97. The van der Waals surface area contributed by atoms with E-state index in [2.05, 4.69) is 0 Å². The fourth-order valence-electron chi connectivity index (χ4n) is 0.351. The lowest BCUT2D eigenvalue weighted by molar-refractivity contribution is -0.118. The van der Waals surface area contributed by atoms with Crippen LogP contribution in [0.2, 0.25) is 0 Å². The Morgan fingerprint density at radius 1 is 1.27 bits per heavy atom. The molecule has 1 amide bonds. The highest BCUT2D eigenvalue weighted by Gasteiger charge is 1.95. The molecule has 0 saturated heterocycles. The van der Waals surface area contributed by atoms with Crippen LogP contribution in [-0.2, 0) is 9.59 Å². The molecule has 15 heavy (non-hydrogen) atoms. The zero-order valence-electron chi connectivity index (χ0n) is 10.7. The van der Waals surface area contributed by atoms with Gasteiger partial charge in [-0.2, -0.15) is 0 Å². The van der Waals surface area contributed by atoms with E-state index >= 15 is 0 Å². The molecule has 0 heterocycles. The van der Waals surface area contributed by atoms with E-state index in [0.717, 1.165) is 12.8 Å². The van der Waals surface area contributed by atoms with Gasteiger partial charge in [0.25, 0.3) is 0 Å². The van der Waals surface area contributed by atoms with Gasteiger partial charge in [-0.1, -0.05) is 27.2 Å². The average molecular weight is 218 g/mol. The van der Waals surface area contributed by atoms with Crippen LogP contribution in [0.15, 0.2) is 0 Å². The van der Waals surface area contributed by atoms with Crippen molar-refractivity contribution < 1.29 is 9.59 Å². The number of Topliss-reactive ketones (excluding diaryl/α,β-unsaturated/α-hetero) is 1. The highest BCUT2D eigenvalue weighted by atomic mass is 16.1. The molecule has 0 unspecified atom stereocenters. The maximum atomic E-state index is 10.0. The van der Waals surface area contributed by atoms with E-state index in [-0.39, 0.29) is 17.7 Å². The molecule has 4 N–H and O–H groups in total. The lowest BCUT2D eigenvalue weighted by Gasteiger charge is -1.91. The second kappa shape index (κ2) is 15.6. The Hall–Kier alpha value is -0.900. The van der Waals surface area contributed by atoms with Gasteiger partial charge in [0.2, 0.25) is 5.91 Å². The minimum Gasteiger partial charge on any atom is -0.370 e. The first kappa shape index (κ1) is 19.6. The average Bonchev–Trinajstić information content (AvgIpc) is 2.18. The third-order valence-electron chi connectivity index (χ3n) is 1.42. The Morgan fingerprint density at radius 3 is 1.67 bits per heavy atom. The van der Waals surface area contributed by atoms with Crippen molar-refractivity contribution in [3.8, 4) is 0 Å². The number of carbonyl (C=O) groups is 2. The van der Waals surface area contributed by atoms with Crippen molar-refractivity contribution in [2.45, 2.75) is 59.9 Å². The van der Waals surface area contributed by atoms with Crippen LogP contribution in [0.3, 0.4) is 0 Å². The Kier molecular flexibility index (Phi) is 20.4. The number of hydrogen-bond acceptors (Lipinski definition) is 3. The van der Waals surface area contributed by atoms with Crippen LogP contribution >= 0.6 is 0 Å². The summed E-state index contributed by atoms with van der Waals surface area (Å²) < 4.78 is 0. The number of amides is 1. The molecule has 0 saturated carbocycles. The zero-order valence-corrected chi connectivity index (χ0v) is 10.7. The van der Waals surface area contributed by atoms with E-state index in [9.17, 15) is 9.59 Å². The normalized spacial score (nSPS) is 10.0. The molecule has 0 aliphatic rings. The van der Waals surface area contributed by atoms with Crippen molar-refractivity contribution in [3.63, 3.8) is 0 Å². The monoisotopic (exact) mass is 218 g/mol. The van der Waals surface area contributed by atoms with Crippen LogP contribution in [0.25, 0.3) is 0 Å². The van der Waals surface area contributed by atoms with Crippen LogP contribution in [0.5, 0.6) is 0 Å². The van der Waals surface area contributed by atoms with Gasteiger partial charge < -0.3 is 11.5 Å². The maximum absolute atomic E-state index is 10.0. The Bertz CT molecular complexity index is 157. The molecule has 0 spiro atoms. The highest BCUT2D eigenvalue weighted by Crippen LogP contribution is 1.89. The zero-order chi connectivity index (χ0) is 12.9. The van der Waals surface area contributed by atoms with E-state index in [0.29, 0.717) is 6.42 Å². The first-order valence-electron chi connectivity index (χ1n) is 5.46. The smallest absolute Gasteiger partial charge is 0.217 e. The number of ketones is 1. The van der Waals surface area contributed by atoms with E-state index in [1.54, 1.807) is 6.92 Å². The third-order valence-corrected chi connectivity index (χ3v) is 1.42. The van der Waals surface area contributed by atoms with E-state index < -0.39 is 0 Å². The SMILES string of the molecule is CC.CC(=O)[C@H](C)N.CCCCC(N)=O. The predicted molar refractivity (Wildman–Crippen MR) is 64.4 cm³/mol. The van der Waals surface area contributed by atoms with Gasteiger partial charge in [0.1, 0.15) is 5.78 Å². The fraction of sp³-hybridized carbons (Fsp3) is 0.818. The molecule has 4 nitrogen and oxygen atoms in total. The summed E-state index contributed by atoms with van der Waals surface area (Å²) in [6, 6.07) is -0.287. The number of unbranched alkanes of at least 4 members (excludes halogenated alkanes) is 1. The number of nitrogens with two attached hydrogens (primary N) is 2. The van der Waals surface area contributed by atoms with Crippen molar-refractivity contribution in [1.82, 2.24) is 0 Å². The fourth-order valence-corrected chi connectivity index (χ4v) is 0.351. The summed E-state index contributed by atoms with van der Waals surface area (Å²) in [6.45, 7) is 9.18. The first-order chi connectivity index (χ1) is 6.91. The van der Waals surface area contributed by atoms with Crippen LogP contribution in [0, 0.1) is 0 Å². The van der Waals surface area contributed by atoms with Crippen molar-refractivity contribution in [3.05, 3.63) is 0 Å². The first-order valence-corrected chi connectivity index (χ1v) is 5.46. The summed E-state index contributed by atoms with van der Waals surface area (Å²) in [5.41, 5.74) is 9.93. The molecular weight excluding hydrogens is 192 g/mol. The lowest BCUT2D eigenvalue weighted by atomic mass is 10.2. The summed E-state index contributed by atoms with van der Waals surface area (Å²) in [5.74, 6) is -0.156. The summed E-state index contributed by atoms with van der Waals surface area (Å²) in [4.78, 5) is 20.0. The van der Waals surface area contributed by atoms with Gasteiger partial charge in [0.15, 0.2) is 0 Å². The molecule has 0 rings (SSSR count). The summed E-state index contributed by atoms with van der Waals surface area (Å²) >= 11 is 0. The summed E-state index contributed by atoms with van der Waals surface area (Å²) in [7, 11) is 0. The molecule has 0 aliphatic heterocycles. The molecule has 92 valence electrons. The summed E-state index contributed by atoms with van der Waals surface area (Å²) in [5, 5.41) is 0. The second-order valence-electron chi connectivity index (χ2n) is 2.97.